The summed E-state index contributed by atoms with van der Waals surface area (Å²) in [5.74, 6) is 2.85. The van der Waals surface area contributed by atoms with Gasteiger partial charge in [0, 0.05) is 11.1 Å². The van der Waals surface area contributed by atoms with Gasteiger partial charge in [-0.25, -0.2) is 0 Å². The number of fused-ring (bicyclic) bond motifs is 1. The molecule has 0 unspecified atom stereocenters. The maximum Gasteiger partial charge on any atom is 0.258 e. The number of ether oxygens (including phenoxy) is 1. The zero-order valence-electron chi connectivity index (χ0n) is 15.8. The standard InChI is InChI=1S/C23H21N3O2/c1-14-5-9-19-18(14)3-2-4-20(19)22-25-23(28-26-22)16-8-10-21(17(11-16)12-24)27-13-15-6-7-15/h2-4,8,10-11,14-15H,5-7,9,13H2,1H3/t14-/m1/s1. The molecule has 5 nitrogen and oxygen atoms in total. The number of hydrogen-bond donors (Lipinski definition) is 0. The molecule has 1 atom stereocenters. The summed E-state index contributed by atoms with van der Waals surface area (Å²) in [6, 6.07) is 14.0. The molecule has 1 heterocycles. The van der Waals surface area contributed by atoms with Crippen molar-refractivity contribution in [3.63, 3.8) is 0 Å². The van der Waals surface area contributed by atoms with Crippen molar-refractivity contribution in [1.29, 1.82) is 5.26 Å². The Labute approximate surface area is 164 Å². The summed E-state index contributed by atoms with van der Waals surface area (Å²) in [6.45, 7) is 2.93. The molecule has 2 aliphatic rings. The second-order valence-corrected chi connectivity index (χ2v) is 7.81. The molecular weight excluding hydrogens is 350 g/mol. The second-order valence-electron chi connectivity index (χ2n) is 7.81. The largest absolute Gasteiger partial charge is 0.492 e. The van der Waals surface area contributed by atoms with Gasteiger partial charge in [-0.3, -0.25) is 0 Å². The van der Waals surface area contributed by atoms with E-state index in [9.17, 15) is 5.26 Å². The molecule has 3 aromatic rings. The third-order valence-electron chi connectivity index (χ3n) is 5.76. The maximum absolute atomic E-state index is 9.49. The van der Waals surface area contributed by atoms with E-state index in [0.29, 0.717) is 41.5 Å². The van der Waals surface area contributed by atoms with Crippen LogP contribution in [0.15, 0.2) is 40.9 Å². The lowest BCUT2D eigenvalue weighted by Gasteiger charge is -2.07. The van der Waals surface area contributed by atoms with Gasteiger partial charge in [0.15, 0.2) is 0 Å². The van der Waals surface area contributed by atoms with E-state index < -0.39 is 0 Å². The molecule has 5 heteroatoms. The van der Waals surface area contributed by atoms with E-state index in [-0.39, 0.29) is 0 Å². The molecule has 2 aliphatic carbocycles. The van der Waals surface area contributed by atoms with Gasteiger partial charge in [-0.05, 0) is 66.8 Å². The van der Waals surface area contributed by atoms with E-state index in [1.54, 1.807) is 6.07 Å². The van der Waals surface area contributed by atoms with Crippen molar-refractivity contribution >= 4 is 0 Å². The summed E-state index contributed by atoms with van der Waals surface area (Å²) in [5.41, 5.74) is 4.97. The molecule has 1 aromatic heterocycles. The van der Waals surface area contributed by atoms with Crippen LogP contribution in [0.4, 0.5) is 0 Å². The number of rotatable bonds is 5. The first-order valence-corrected chi connectivity index (χ1v) is 9.86. The van der Waals surface area contributed by atoms with E-state index in [2.05, 4.69) is 41.3 Å². The van der Waals surface area contributed by atoms with E-state index >= 15 is 0 Å². The minimum atomic E-state index is 0.420. The average molecular weight is 371 g/mol. The number of benzene rings is 2. The second kappa shape index (κ2) is 6.79. The minimum absolute atomic E-state index is 0.420. The number of hydrogen-bond acceptors (Lipinski definition) is 5. The first-order valence-electron chi connectivity index (χ1n) is 9.86. The summed E-state index contributed by atoms with van der Waals surface area (Å²) in [4.78, 5) is 4.61. The number of aromatic nitrogens is 2. The van der Waals surface area contributed by atoms with Gasteiger partial charge >= 0.3 is 0 Å². The van der Waals surface area contributed by atoms with Crippen molar-refractivity contribution in [3.8, 4) is 34.7 Å². The summed E-state index contributed by atoms with van der Waals surface area (Å²) >= 11 is 0. The molecule has 0 N–H and O–H groups in total. The highest BCUT2D eigenvalue weighted by atomic mass is 16.5. The maximum atomic E-state index is 9.49. The third-order valence-corrected chi connectivity index (χ3v) is 5.76. The van der Waals surface area contributed by atoms with E-state index in [1.165, 1.54) is 24.0 Å². The van der Waals surface area contributed by atoms with Crippen LogP contribution in [0, 0.1) is 17.2 Å². The number of nitriles is 1. The fraction of sp³-hybridized carbons (Fsp3) is 0.348. The molecule has 1 fully saturated rings. The van der Waals surface area contributed by atoms with Gasteiger partial charge in [0.25, 0.3) is 5.89 Å². The fourth-order valence-electron chi connectivity index (χ4n) is 3.89. The monoisotopic (exact) mass is 371 g/mol. The van der Waals surface area contributed by atoms with Gasteiger partial charge in [0.1, 0.15) is 11.8 Å². The highest BCUT2D eigenvalue weighted by molar-refractivity contribution is 5.67. The van der Waals surface area contributed by atoms with Crippen LogP contribution in [-0.2, 0) is 6.42 Å². The molecular formula is C23H21N3O2. The van der Waals surface area contributed by atoms with E-state index in [4.69, 9.17) is 9.26 Å². The van der Waals surface area contributed by atoms with Crippen molar-refractivity contribution < 1.29 is 9.26 Å². The predicted molar refractivity (Wildman–Crippen MR) is 105 cm³/mol. The van der Waals surface area contributed by atoms with Crippen LogP contribution in [0.1, 0.15) is 48.8 Å². The first kappa shape index (κ1) is 17.0. The molecule has 140 valence electrons. The Hall–Kier alpha value is -3.13. The van der Waals surface area contributed by atoms with Crippen molar-refractivity contribution in [3.05, 3.63) is 53.1 Å². The van der Waals surface area contributed by atoms with Crippen molar-refractivity contribution in [2.75, 3.05) is 6.61 Å². The Morgan fingerprint density at radius 2 is 2.11 bits per heavy atom. The van der Waals surface area contributed by atoms with Crippen molar-refractivity contribution in [1.82, 2.24) is 10.1 Å². The fourth-order valence-corrected chi connectivity index (χ4v) is 3.89. The SMILES string of the molecule is C[C@@H]1CCc2c(-c3noc(-c4ccc(OCC5CC5)c(C#N)c4)n3)cccc21. The normalized spacial score (nSPS) is 17.9. The Balaban J connectivity index is 1.44. The number of nitrogens with zero attached hydrogens (tertiary/aromatic N) is 3. The highest BCUT2D eigenvalue weighted by Gasteiger charge is 2.24. The lowest BCUT2D eigenvalue weighted by molar-refractivity contribution is 0.299. The molecule has 2 aromatic carbocycles. The summed E-state index contributed by atoms with van der Waals surface area (Å²) in [5, 5.41) is 13.7. The van der Waals surface area contributed by atoms with Crippen LogP contribution >= 0.6 is 0 Å². The minimum Gasteiger partial charge on any atom is -0.492 e. The Kier molecular flexibility index (Phi) is 4.12. The highest BCUT2D eigenvalue weighted by Crippen LogP contribution is 2.38. The predicted octanol–water partition coefficient (Wildman–Crippen LogP) is 5.11. The molecule has 0 radical (unpaired) electrons. The summed E-state index contributed by atoms with van der Waals surface area (Å²) in [6.07, 6.45) is 4.63. The topological polar surface area (TPSA) is 71.9 Å². The van der Waals surface area contributed by atoms with Crippen LogP contribution in [0.5, 0.6) is 5.75 Å². The van der Waals surface area contributed by atoms with Gasteiger partial charge in [0.2, 0.25) is 5.82 Å². The molecule has 1 saturated carbocycles. The van der Waals surface area contributed by atoms with Crippen LogP contribution in [0.25, 0.3) is 22.8 Å². The van der Waals surface area contributed by atoms with Crippen LogP contribution in [0.2, 0.25) is 0 Å². The van der Waals surface area contributed by atoms with Crippen molar-refractivity contribution in [2.24, 2.45) is 5.92 Å². The molecule has 0 aliphatic heterocycles. The molecule has 28 heavy (non-hydrogen) atoms. The lowest BCUT2D eigenvalue weighted by Crippen LogP contribution is -2.00. The Morgan fingerprint density at radius 1 is 1.21 bits per heavy atom. The summed E-state index contributed by atoms with van der Waals surface area (Å²) < 4.78 is 11.3. The van der Waals surface area contributed by atoms with Crippen LogP contribution < -0.4 is 4.74 Å². The smallest absolute Gasteiger partial charge is 0.258 e. The van der Waals surface area contributed by atoms with Gasteiger partial charge in [-0.15, -0.1) is 0 Å². The van der Waals surface area contributed by atoms with Crippen molar-refractivity contribution in [2.45, 2.75) is 38.5 Å². The Bertz CT molecular complexity index is 1080. The zero-order valence-corrected chi connectivity index (χ0v) is 15.8. The summed E-state index contributed by atoms with van der Waals surface area (Å²) in [7, 11) is 0. The van der Waals surface area contributed by atoms with Gasteiger partial charge < -0.3 is 9.26 Å². The molecule has 5 rings (SSSR count). The zero-order chi connectivity index (χ0) is 19.1. The molecule has 0 bridgehead atoms. The van der Waals surface area contributed by atoms with Crippen LogP contribution in [-0.4, -0.2) is 16.7 Å². The first-order chi connectivity index (χ1) is 13.7. The lowest BCUT2D eigenvalue weighted by atomic mass is 9.99. The Morgan fingerprint density at radius 3 is 2.93 bits per heavy atom. The van der Waals surface area contributed by atoms with E-state index in [0.717, 1.165) is 24.0 Å². The van der Waals surface area contributed by atoms with Crippen LogP contribution in [0.3, 0.4) is 0 Å². The quantitative estimate of drug-likeness (QED) is 0.623. The van der Waals surface area contributed by atoms with Gasteiger partial charge in [0.05, 0.1) is 12.2 Å². The van der Waals surface area contributed by atoms with E-state index in [1.807, 2.05) is 12.1 Å². The van der Waals surface area contributed by atoms with Gasteiger partial charge in [-0.1, -0.05) is 30.3 Å². The molecule has 0 spiro atoms. The third kappa shape index (κ3) is 3.05. The molecule has 0 amide bonds. The van der Waals surface area contributed by atoms with Gasteiger partial charge in [-0.2, -0.15) is 10.2 Å². The average Bonchev–Trinajstić information content (AvgIpc) is 3.29. The molecule has 0 saturated heterocycles.